The number of methoxy groups -OCH3 is 1. The molecule has 2 aliphatic rings. The van der Waals surface area contributed by atoms with Crippen LogP contribution in [0.1, 0.15) is 31.2 Å². The molecule has 0 radical (unpaired) electrons. The van der Waals surface area contributed by atoms with E-state index in [1.165, 1.54) is 13.2 Å². The number of imide groups is 1. The van der Waals surface area contributed by atoms with Gasteiger partial charge in [-0.2, -0.15) is 0 Å². The number of amides is 4. The Balaban J connectivity index is 1.42. The molecule has 2 aromatic rings. The van der Waals surface area contributed by atoms with Gasteiger partial charge >= 0.3 is 0 Å². The second-order valence-corrected chi connectivity index (χ2v) is 10.2. The number of nitrogens with zero attached hydrogens (tertiary/aromatic N) is 2. The van der Waals surface area contributed by atoms with Gasteiger partial charge in [-0.15, -0.1) is 0 Å². The summed E-state index contributed by atoms with van der Waals surface area (Å²) in [7, 11) is 1.43. The fourth-order valence-electron chi connectivity index (χ4n) is 4.16. The number of nitrogens with one attached hydrogen (secondary N) is 1. The molecule has 1 N–H and O–H groups in total. The summed E-state index contributed by atoms with van der Waals surface area (Å²) in [5.74, 6) is -0.701. The zero-order valence-electron chi connectivity index (χ0n) is 20.9. The second-order valence-electron chi connectivity index (χ2n) is 8.80. The molecule has 38 heavy (non-hydrogen) atoms. The zero-order valence-corrected chi connectivity index (χ0v) is 22.5. The van der Waals surface area contributed by atoms with E-state index >= 15 is 0 Å². The Morgan fingerprint density at radius 2 is 1.79 bits per heavy atom. The summed E-state index contributed by atoms with van der Waals surface area (Å²) in [5, 5.41) is 2.39. The third-order valence-electron chi connectivity index (χ3n) is 6.08. The summed E-state index contributed by atoms with van der Waals surface area (Å²) in [6.45, 7) is 0.717. The molecule has 2 aliphatic heterocycles. The van der Waals surface area contributed by atoms with Crippen LogP contribution >= 0.6 is 23.4 Å². The van der Waals surface area contributed by atoms with Crippen molar-refractivity contribution < 1.29 is 28.7 Å². The normalized spacial score (nSPS) is 16.9. The van der Waals surface area contributed by atoms with E-state index in [2.05, 4.69) is 5.32 Å². The molecular weight excluding hydrogens is 530 g/mol. The Bertz CT molecular complexity index is 1240. The Kier molecular flexibility index (Phi) is 9.30. The van der Waals surface area contributed by atoms with Crippen LogP contribution in [0, 0.1) is 0 Å². The molecule has 200 valence electrons. The standard InChI is InChI=1S/C27H28ClN3O6S/c1-36-21-14-18(13-20(28)25(21)37-17-23(32)29-19-9-5-4-6-10-19)15-22-26(34)31(27(35)38-22)16-24(33)30-11-7-2-3-8-12-30/h4-6,9-10,13-15H,2-3,7-8,11-12,16-17H2,1H3,(H,29,32). The highest BCUT2D eigenvalue weighted by Gasteiger charge is 2.37. The number of anilines is 1. The Labute approximate surface area is 230 Å². The third-order valence-corrected chi connectivity index (χ3v) is 7.27. The predicted molar refractivity (Wildman–Crippen MR) is 146 cm³/mol. The van der Waals surface area contributed by atoms with Crippen molar-refractivity contribution in [1.29, 1.82) is 0 Å². The summed E-state index contributed by atoms with van der Waals surface area (Å²) in [6, 6.07) is 12.1. The van der Waals surface area contributed by atoms with Crippen molar-refractivity contribution in [2.45, 2.75) is 25.7 Å². The number of thioether (sulfide) groups is 1. The predicted octanol–water partition coefficient (Wildman–Crippen LogP) is 4.81. The summed E-state index contributed by atoms with van der Waals surface area (Å²) in [4.78, 5) is 53.3. The van der Waals surface area contributed by atoms with Crippen LogP contribution in [0.3, 0.4) is 0 Å². The topological polar surface area (TPSA) is 105 Å². The third kappa shape index (κ3) is 6.87. The first-order valence-electron chi connectivity index (χ1n) is 12.2. The minimum atomic E-state index is -0.531. The number of halogens is 1. The number of hydrogen-bond acceptors (Lipinski definition) is 7. The summed E-state index contributed by atoms with van der Waals surface area (Å²) < 4.78 is 11.0. The summed E-state index contributed by atoms with van der Waals surface area (Å²) >= 11 is 7.19. The lowest BCUT2D eigenvalue weighted by molar-refractivity contribution is -0.135. The van der Waals surface area contributed by atoms with E-state index in [-0.39, 0.29) is 46.4 Å². The van der Waals surface area contributed by atoms with Gasteiger partial charge in [0.1, 0.15) is 6.54 Å². The SMILES string of the molecule is COc1cc(C=C2SC(=O)N(CC(=O)N3CCCCCC3)C2=O)cc(Cl)c1OCC(=O)Nc1ccccc1. The van der Waals surface area contributed by atoms with E-state index < -0.39 is 11.1 Å². The van der Waals surface area contributed by atoms with Crippen molar-refractivity contribution >= 4 is 58.1 Å². The molecule has 0 spiro atoms. The molecule has 0 saturated carbocycles. The Morgan fingerprint density at radius 1 is 1.08 bits per heavy atom. The maximum atomic E-state index is 13.0. The molecule has 11 heteroatoms. The number of likely N-dealkylation sites (tertiary alicyclic amines) is 1. The van der Waals surface area contributed by atoms with Crippen LogP contribution in [0.5, 0.6) is 11.5 Å². The van der Waals surface area contributed by atoms with Gasteiger partial charge in [0.2, 0.25) is 5.91 Å². The van der Waals surface area contributed by atoms with Crippen molar-refractivity contribution in [3.8, 4) is 11.5 Å². The van der Waals surface area contributed by atoms with Crippen LogP contribution in [0.2, 0.25) is 5.02 Å². The van der Waals surface area contributed by atoms with Gasteiger partial charge in [-0.3, -0.25) is 24.1 Å². The van der Waals surface area contributed by atoms with Crippen molar-refractivity contribution in [2.75, 3.05) is 38.7 Å². The molecule has 9 nitrogen and oxygen atoms in total. The van der Waals surface area contributed by atoms with Crippen LogP contribution in [-0.2, 0) is 14.4 Å². The Hall–Kier alpha value is -3.50. The van der Waals surface area contributed by atoms with Gasteiger partial charge in [0.05, 0.1) is 17.0 Å². The first kappa shape index (κ1) is 27.5. The first-order valence-corrected chi connectivity index (χ1v) is 13.4. The summed E-state index contributed by atoms with van der Waals surface area (Å²) in [6.07, 6.45) is 5.51. The van der Waals surface area contributed by atoms with E-state index in [4.69, 9.17) is 21.1 Å². The number of rotatable bonds is 8. The molecule has 2 heterocycles. The highest BCUT2D eigenvalue weighted by Crippen LogP contribution is 2.39. The average molecular weight is 558 g/mol. The van der Waals surface area contributed by atoms with Crippen LogP contribution < -0.4 is 14.8 Å². The lowest BCUT2D eigenvalue weighted by Crippen LogP contribution is -2.42. The van der Waals surface area contributed by atoms with Gasteiger partial charge in [0, 0.05) is 18.8 Å². The maximum Gasteiger partial charge on any atom is 0.294 e. The minimum Gasteiger partial charge on any atom is -0.493 e. The quantitative estimate of drug-likeness (QED) is 0.465. The largest absolute Gasteiger partial charge is 0.493 e. The van der Waals surface area contributed by atoms with Gasteiger partial charge in [-0.05, 0) is 60.5 Å². The molecule has 2 aromatic carbocycles. The van der Waals surface area contributed by atoms with Gasteiger partial charge in [0.25, 0.3) is 17.1 Å². The van der Waals surface area contributed by atoms with Crippen LogP contribution in [-0.4, -0.2) is 66.1 Å². The fourth-order valence-corrected chi connectivity index (χ4v) is 5.27. The fraction of sp³-hybridized carbons (Fsp3) is 0.333. The van der Waals surface area contributed by atoms with E-state index in [0.29, 0.717) is 24.3 Å². The molecule has 0 aromatic heterocycles. The van der Waals surface area contributed by atoms with Crippen molar-refractivity contribution in [1.82, 2.24) is 9.80 Å². The van der Waals surface area contributed by atoms with Gasteiger partial charge < -0.3 is 19.7 Å². The minimum absolute atomic E-state index is 0.165. The number of carbonyl (C=O) groups is 4. The molecule has 4 amide bonds. The smallest absolute Gasteiger partial charge is 0.294 e. The number of hydrogen-bond donors (Lipinski definition) is 1. The number of para-hydroxylation sites is 1. The van der Waals surface area contributed by atoms with Crippen LogP contribution in [0.15, 0.2) is 47.4 Å². The molecule has 2 fully saturated rings. The maximum absolute atomic E-state index is 13.0. The molecule has 0 aliphatic carbocycles. The highest BCUT2D eigenvalue weighted by atomic mass is 35.5. The molecule has 2 saturated heterocycles. The molecule has 0 atom stereocenters. The van der Waals surface area contributed by atoms with E-state index in [9.17, 15) is 19.2 Å². The van der Waals surface area contributed by atoms with E-state index in [1.807, 2.05) is 6.07 Å². The average Bonchev–Trinajstić information content (AvgIpc) is 3.09. The van der Waals surface area contributed by atoms with E-state index in [1.54, 1.807) is 41.3 Å². The van der Waals surface area contributed by atoms with Gasteiger partial charge in [-0.1, -0.05) is 42.6 Å². The van der Waals surface area contributed by atoms with Crippen LogP contribution in [0.4, 0.5) is 10.5 Å². The monoisotopic (exact) mass is 557 g/mol. The lowest BCUT2D eigenvalue weighted by atomic mass is 10.1. The zero-order chi connectivity index (χ0) is 27.1. The van der Waals surface area contributed by atoms with E-state index in [0.717, 1.165) is 42.3 Å². The van der Waals surface area contributed by atoms with Crippen molar-refractivity contribution in [2.24, 2.45) is 0 Å². The van der Waals surface area contributed by atoms with Gasteiger partial charge in [-0.25, -0.2) is 0 Å². The van der Waals surface area contributed by atoms with Gasteiger partial charge in [0.15, 0.2) is 18.1 Å². The number of ether oxygens (including phenoxy) is 2. The molecule has 0 unspecified atom stereocenters. The number of benzene rings is 2. The Morgan fingerprint density at radius 3 is 2.47 bits per heavy atom. The van der Waals surface area contributed by atoms with Crippen LogP contribution in [0.25, 0.3) is 6.08 Å². The van der Waals surface area contributed by atoms with Crippen molar-refractivity contribution in [3.63, 3.8) is 0 Å². The molecule has 4 rings (SSSR count). The first-order chi connectivity index (χ1) is 18.4. The second kappa shape index (κ2) is 12.8. The highest BCUT2D eigenvalue weighted by molar-refractivity contribution is 8.18. The lowest BCUT2D eigenvalue weighted by Gasteiger charge is -2.22. The molecular formula is C27H28ClN3O6S. The summed E-state index contributed by atoms with van der Waals surface area (Å²) in [5.41, 5.74) is 1.13. The number of carbonyl (C=O) groups excluding carboxylic acids is 4. The van der Waals surface area contributed by atoms with Crippen molar-refractivity contribution in [3.05, 3.63) is 58.0 Å². The molecule has 0 bridgehead atoms.